The lowest BCUT2D eigenvalue weighted by Crippen LogP contribution is -2.46. The van der Waals surface area contributed by atoms with Crippen molar-refractivity contribution in [1.82, 2.24) is 28.5 Å². The second-order valence-electron chi connectivity index (χ2n) is 8.59. The van der Waals surface area contributed by atoms with Crippen molar-refractivity contribution in [2.24, 2.45) is 0 Å². The van der Waals surface area contributed by atoms with Gasteiger partial charge in [0.2, 0.25) is 14.8 Å². The molecule has 0 aliphatic carbocycles. The molecule has 0 amide bonds. The lowest BCUT2D eigenvalue weighted by molar-refractivity contribution is 0.106. The van der Waals surface area contributed by atoms with E-state index in [1.165, 1.54) is 4.31 Å². The molecule has 0 saturated carbocycles. The number of rotatable bonds is 9. The third kappa shape index (κ3) is 5.41. The van der Waals surface area contributed by atoms with Gasteiger partial charge in [0.05, 0.1) is 11.6 Å². The maximum Gasteiger partial charge on any atom is 0.243 e. The number of nitrogens with zero attached hydrogens (tertiary/aromatic N) is 6. The van der Waals surface area contributed by atoms with E-state index >= 15 is 0 Å². The predicted octanol–water partition coefficient (Wildman–Crippen LogP) is 3.70. The van der Waals surface area contributed by atoms with Crippen LogP contribution in [0.25, 0.3) is 17.1 Å². The Balaban J connectivity index is 1.76. The number of sulfonamides is 1. The minimum absolute atomic E-state index is 0.259. The Morgan fingerprint density at radius 3 is 2.20 bits per heavy atom. The standard InChI is InChI=1S/C25H34N6O2S2/c1-4-27-15-17-28(18-16-27)20-30-25(34)31(22-12-8-7-9-13-22)24(26-30)21-11-10-14-23(19-21)35(32,33)29(5-2)6-3/h7-14,19H,4-6,15-18,20H2,1-3H3. The summed E-state index contributed by atoms with van der Waals surface area (Å²) in [4.78, 5) is 5.05. The number of aromatic nitrogens is 3. The molecular formula is C25H34N6O2S2. The molecule has 10 heteroatoms. The van der Waals surface area contributed by atoms with E-state index in [0.29, 0.717) is 35.9 Å². The van der Waals surface area contributed by atoms with Crippen LogP contribution in [-0.2, 0) is 16.7 Å². The second-order valence-corrected chi connectivity index (χ2v) is 10.9. The van der Waals surface area contributed by atoms with Gasteiger partial charge in [-0.15, -0.1) is 5.10 Å². The number of piperazine rings is 1. The van der Waals surface area contributed by atoms with Gasteiger partial charge in [0.1, 0.15) is 0 Å². The van der Waals surface area contributed by atoms with E-state index in [4.69, 9.17) is 17.3 Å². The van der Waals surface area contributed by atoms with E-state index in [0.717, 1.165) is 38.4 Å². The van der Waals surface area contributed by atoms with Gasteiger partial charge in [-0.05, 0) is 43.0 Å². The van der Waals surface area contributed by atoms with E-state index in [2.05, 4.69) is 16.7 Å². The third-order valence-electron chi connectivity index (χ3n) is 6.54. The summed E-state index contributed by atoms with van der Waals surface area (Å²) in [5.74, 6) is 0.630. The maximum atomic E-state index is 13.2. The molecular weight excluding hydrogens is 480 g/mol. The highest BCUT2D eigenvalue weighted by atomic mass is 32.2. The maximum absolute atomic E-state index is 13.2. The molecule has 35 heavy (non-hydrogen) atoms. The van der Waals surface area contributed by atoms with Crippen molar-refractivity contribution >= 4 is 22.2 Å². The molecule has 1 fully saturated rings. The lowest BCUT2D eigenvalue weighted by atomic mass is 10.2. The van der Waals surface area contributed by atoms with E-state index in [1.54, 1.807) is 18.2 Å². The Kier molecular flexibility index (Phi) is 8.18. The van der Waals surface area contributed by atoms with Crippen LogP contribution in [0.3, 0.4) is 0 Å². The topological polar surface area (TPSA) is 66.6 Å². The molecule has 0 atom stereocenters. The summed E-state index contributed by atoms with van der Waals surface area (Å²) < 4.78 is 32.2. The summed E-state index contributed by atoms with van der Waals surface area (Å²) in [5.41, 5.74) is 1.61. The molecule has 0 unspecified atom stereocenters. The van der Waals surface area contributed by atoms with Crippen molar-refractivity contribution in [3.8, 4) is 17.1 Å². The average Bonchev–Trinajstić information content (AvgIpc) is 3.21. The van der Waals surface area contributed by atoms with Gasteiger partial charge in [0.15, 0.2) is 5.82 Å². The quantitative estimate of drug-likeness (QED) is 0.406. The first-order chi connectivity index (χ1) is 16.9. The summed E-state index contributed by atoms with van der Waals surface area (Å²) >= 11 is 5.89. The second kappa shape index (κ2) is 11.1. The molecule has 4 rings (SSSR count). The first-order valence-electron chi connectivity index (χ1n) is 12.2. The highest BCUT2D eigenvalue weighted by molar-refractivity contribution is 7.89. The van der Waals surface area contributed by atoms with Crippen molar-refractivity contribution < 1.29 is 8.42 Å². The minimum Gasteiger partial charge on any atom is -0.301 e. The Bertz CT molecular complexity index is 1290. The zero-order valence-corrected chi connectivity index (χ0v) is 22.3. The van der Waals surface area contributed by atoms with Crippen LogP contribution in [0.2, 0.25) is 0 Å². The van der Waals surface area contributed by atoms with E-state index in [-0.39, 0.29) is 4.90 Å². The lowest BCUT2D eigenvalue weighted by Gasteiger charge is -2.33. The number of hydrogen-bond donors (Lipinski definition) is 0. The van der Waals surface area contributed by atoms with Crippen LogP contribution >= 0.6 is 12.2 Å². The van der Waals surface area contributed by atoms with Crippen LogP contribution in [0, 0.1) is 4.77 Å². The summed E-state index contributed by atoms with van der Waals surface area (Å²) in [5, 5.41) is 4.91. The van der Waals surface area contributed by atoms with Crippen LogP contribution in [0.15, 0.2) is 59.5 Å². The van der Waals surface area contributed by atoms with Gasteiger partial charge in [-0.25, -0.2) is 13.1 Å². The number of benzene rings is 2. The summed E-state index contributed by atoms with van der Waals surface area (Å²) in [7, 11) is -3.59. The molecule has 0 N–H and O–H groups in total. The smallest absolute Gasteiger partial charge is 0.243 e. The van der Waals surface area contributed by atoms with Gasteiger partial charge >= 0.3 is 0 Å². The highest BCUT2D eigenvalue weighted by Gasteiger charge is 2.24. The van der Waals surface area contributed by atoms with Crippen LogP contribution in [-0.4, -0.2) is 82.7 Å². The van der Waals surface area contributed by atoms with Crippen LogP contribution in [0.4, 0.5) is 0 Å². The highest BCUT2D eigenvalue weighted by Crippen LogP contribution is 2.26. The molecule has 188 valence electrons. The van der Waals surface area contributed by atoms with Gasteiger partial charge in [0.25, 0.3) is 0 Å². The van der Waals surface area contributed by atoms with Crippen molar-refractivity contribution in [1.29, 1.82) is 0 Å². The molecule has 8 nitrogen and oxygen atoms in total. The monoisotopic (exact) mass is 514 g/mol. The molecule has 1 saturated heterocycles. The predicted molar refractivity (Wildman–Crippen MR) is 142 cm³/mol. The molecule has 0 spiro atoms. The summed E-state index contributed by atoms with van der Waals surface area (Å²) in [6.45, 7) is 12.4. The first kappa shape index (κ1) is 25.7. The van der Waals surface area contributed by atoms with Crippen molar-refractivity contribution in [3.05, 3.63) is 59.4 Å². The van der Waals surface area contributed by atoms with Crippen LogP contribution < -0.4 is 0 Å². The average molecular weight is 515 g/mol. The normalized spacial score (nSPS) is 15.7. The van der Waals surface area contributed by atoms with E-state index in [9.17, 15) is 8.42 Å². The summed E-state index contributed by atoms with van der Waals surface area (Å²) in [6, 6.07) is 16.9. The fraction of sp³-hybridized carbons (Fsp3) is 0.440. The first-order valence-corrected chi connectivity index (χ1v) is 14.0. The SMILES string of the molecule is CCN1CCN(Cn2nc(-c3cccc(S(=O)(=O)N(CC)CC)c3)n(-c3ccccc3)c2=S)CC1. The zero-order chi connectivity index (χ0) is 25.0. The third-order valence-corrected chi connectivity index (χ3v) is 8.97. The number of hydrogen-bond acceptors (Lipinski definition) is 6. The Morgan fingerprint density at radius 1 is 0.914 bits per heavy atom. The Morgan fingerprint density at radius 2 is 1.57 bits per heavy atom. The molecule has 2 heterocycles. The van der Waals surface area contributed by atoms with Gasteiger partial charge in [-0.3, -0.25) is 9.47 Å². The number of para-hydroxylation sites is 1. The Hall–Kier alpha value is -2.37. The van der Waals surface area contributed by atoms with Gasteiger partial charge < -0.3 is 4.90 Å². The van der Waals surface area contributed by atoms with E-state index in [1.807, 2.05) is 59.5 Å². The molecule has 1 aromatic heterocycles. The molecule has 3 aromatic rings. The molecule has 1 aliphatic rings. The molecule has 2 aromatic carbocycles. The molecule has 0 bridgehead atoms. The van der Waals surface area contributed by atoms with Gasteiger partial charge in [-0.1, -0.05) is 51.1 Å². The minimum atomic E-state index is -3.59. The van der Waals surface area contributed by atoms with Crippen molar-refractivity contribution in [2.75, 3.05) is 45.8 Å². The van der Waals surface area contributed by atoms with Crippen LogP contribution in [0.1, 0.15) is 20.8 Å². The zero-order valence-electron chi connectivity index (χ0n) is 20.7. The Labute approximate surface area is 213 Å². The largest absolute Gasteiger partial charge is 0.301 e. The van der Waals surface area contributed by atoms with E-state index < -0.39 is 10.0 Å². The fourth-order valence-electron chi connectivity index (χ4n) is 4.44. The van der Waals surface area contributed by atoms with Crippen molar-refractivity contribution in [2.45, 2.75) is 32.3 Å². The van der Waals surface area contributed by atoms with Crippen molar-refractivity contribution in [3.63, 3.8) is 0 Å². The summed E-state index contributed by atoms with van der Waals surface area (Å²) in [6.07, 6.45) is 0. The van der Waals surface area contributed by atoms with Gasteiger partial charge in [0, 0.05) is 50.5 Å². The van der Waals surface area contributed by atoms with Crippen LogP contribution in [0.5, 0.6) is 0 Å². The number of likely N-dealkylation sites (N-methyl/N-ethyl adjacent to an activating group) is 1. The molecule has 1 aliphatic heterocycles. The molecule has 0 radical (unpaired) electrons. The van der Waals surface area contributed by atoms with Gasteiger partial charge in [-0.2, -0.15) is 4.31 Å². The fourth-order valence-corrected chi connectivity index (χ4v) is 6.24.